The third kappa shape index (κ3) is 10.2. The maximum absolute atomic E-state index is 11.5. The first-order valence-corrected chi connectivity index (χ1v) is 11.2. The van der Waals surface area contributed by atoms with Crippen molar-refractivity contribution >= 4 is 33.5 Å². The number of benzene rings is 1. The summed E-state index contributed by atoms with van der Waals surface area (Å²) in [5, 5.41) is 0.401. The highest BCUT2D eigenvalue weighted by atomic mass is 79.9. The van der Waals surface area contributed by atoms with Crippen LogP contribution in [0.3, 0.4) is 0 Å². The molecule has 0 unspecified atom stereocenters. The number of alkyl halides is 1. The Hall–Kier alpha value is -0.280. The normalized spacial score (nSPS) is 10.9. The minimum atomic E-state index is 0.149. The molecule has 0 radical (unpaired) electrons. The van der Waals surface area contributed by atoms with Crippen molar-refractivity contribution in [1.82, 2.24) is 0 Å². The van der Waals surface area contributed by atoms with Crippen LogP contribution in [-0.2, 0) is 0 Å². The molecular formula is C20H31BrOS. The molecule has 1 nitrogen and oxygen atoms in total. The molecule has 0 atom stereocenters. The molecule has 0 spiro atoms. The van der Waals surface area contributed by atoms with Crippen molar-refractivity contribution in [2.24, 2.45) is 0 Å². The van der Waals surface area contributed by atoms with Gasteiger partial charge in [0.1, 0.15) is 0 Å². The fraction of sp³-hybridized carbons (Fsp3) is 0.650. The molecule has 3 heteroatoms. The minimum absolute atomic E-state index is 0.149. The molecule has 0 heterocycles. The summed E-state index contributed by atoms with van der Waals surface area (Å²) in [6, 6.07) is 8.00. The highest BCUT2D eigenvalue weighted by Gasteiger charge is 2.03. The fourth-order valence-corrected chi connectivity index (χ4v) is 3.83. The zero-order valence-corrected chi connectivity index (χ0v) is 16.9. The van der Waals surface area contributed by atoms with E-state index in [4.69, 9.17) is 0 Å². The van der Waals surface area contributed by atoms with Gasteiger partial charge in [0.15, 0.2) is 5.78 Å². The Morgan fingerprint density at radius 2 is 1.39 bits per heavy atom. The van der Waals surface area contributed by atoms with Gasteiger partial charge < -0.3 is 0 Å². The lowest BCUT2D eigenvalue weighted by Crippen LogP contribution is -1.98. The summed E-state index contributed by atoms with van der Waals surface area (Å²) in [4.78, 5) is 12.8. The summed E-state index contributed by atoms with van der Waals surface area (Å²) >= 11 is 5.11. The Kier molecular flexibility index (Phi) is 12.7. The molecule has 0 aliphatic rings. The zero-order chi connectivity index (χ0) is 16.8. The van der Waals surface area contributed by atoms with E-state index in [-0.39, 0.29) is 5.78 Å². The lowest BCUT2D eigenvalue weighted by molar-refractivity contribution is 0.102. The van der Waals surface area contributed by atoms with Crippen molar-refractivity contribution in [2.45, 2.75) is 76.0 Å². The Balaban J connectivity index is 1.97. The number of hydrogen-bond donors (Lipinski definition) is 0. The first-order valence-electron chi connectivity index (χ1n) is 9.10. The van der Waals surface area contributed by atoms with Crippen molar-refractivity contribution in [3.8, 4) is 0 Å². The van der Waals surface area contributed by atoms with E-state index < -0.39 is 0 Å². The number of ketones is 1. The largest absolute Gasteiger partial charge is 0.293 e. The number of carbonyl (C=O) groups is 1. The maximum Gasteiger partial charge on any atom is 0.173 e. The lowest BCUT2D eigenvalue weighted by Gasteiger charge is -2.04. The zero-order valence-electron chi connectivity index (χ0n) is 14.5. The Labute approximate surface area is 155 Å². The summed E-state index contributed by atoms with van der Waals surface area (Å²) in [6.07, 6.45) is 13.9. The van der Waals surface area contributed by atoms with Crippen LogP contribution < -0.4 is 0 Å². The maximum atomic E-state index is 11.5. The molecule has 23 heavy (non-hydrogen) atoms. The molecule has 1 aromatic rings. The van der Waals surface area contributed by atoms with Crippen molar-refractivity contribution in [1.29, 1.82) is 0 Å². The summed E-state index contributed by atoms with van der Waals surface area (Å²) < 4.78 is 0. The van der Waals surface area contributed by atoms with Gasteiger partial charge in [-0.3, -0.25) is 4.79 Å². The number of hydrogen-bond acceptors (Lipinski definition) is 2. The van der Waals surface area contributed by atoms with Gasteiger partial charge in [-0.1, -0.05) is 92.8 Å². The van der Waals surface area contributed by atoms with Gasteiger partial charge >= 0.3 is 0 Å². The first kappa shape index (κ1) is 20.8. The van der Waals surface area contributed by atoms with Crippen molar-refractivity contribution < 1.29 is 4.79 Å². The highest BCUT2D eigenvalue weighted by molar-refractivity contribution is 9.09. The SMILES string of the molecule is CCCCCCCCCCCCSc1ccc(C(=O)CBr)cc1. The van der Waals surface area contributed by atoms with Gasteiger partial charge in [0.25, 0.3) is 0 Å². The predicted octanol–water partition coefficient (Wildman–Crippen LogP) is 7.28. The van der Waals surface area contributed by atoms with E-state index in [1.807, 2.05) is 23.9 Å². The summed E-state index contributed by atoms with van der Waals surface area (Å²) in [5.74, 6) is 1.33. The molecular weight excluding hydrogens is 368 g/mol. The third-order valence-corrected chi connectivity index (χ3v) is 5.67. The second-order valence-electron chi connectivity index (χ2n) is 6.11. The number of Topliss-reactive ketones (excluding diaryl/α,β-unsaturated/α-hetero) is 1. The van der Waals surface area contributed by atoms with Gasteiger partial charge in [0.2, 0.25) is 0 Å². The second kappa shape index (κ2) is 14.1. The smallest absolute Gasteiger partial charge is 0.173 e. The summed E-state index contributed by atoms with van der Waals surface area (Å²) in [6.45, 7) is 2.27. The minimum Gasteiger partial charge on any atom is -0.293 e. The van der Waals surface area contributed by atoms with Crippen LogP contribution in [0, 0.1) is 0 Å². The van der Waals surface area contributed by atoms with Crippen molar-refractivity contribution in [2.75, 3.05) is 11.1 Å². The lowest BCUT2D eigenvalue weighted by atomic mass is 10.1. The van der Waals surface area contributed by atoms with Gasteiger partial charge in [0.05, 0.1) is 5.33 Å². The van der Waals surface area contributed by atoms with Gasteiger partial charge in [0, 0.05) is 10.5 Å². The first-order chi connectivity index (χ1) is 11.3. The van der Waals surface area contributed by atoms with Crippen LogP contribution in [0.15, 0.2) is 29.2 Å². The topological polar surface area (TPSA) is 17.1 Å². The molecule has 0 amide bonds. The van der Waals surface area contributed by atoms with E-state index >= 15 is 0 Å². The summed E-state index contributed by atoms with van der Waals surface area (Å²) in [5.41, 5.74) is 0.796. The van der Waals surface area contributed by atoms with Gasteiger partial charge in [-0.05, 0) is 24.3 Å². The molecule has 1 aromatic carbocycles. The molecule has 0 bridgehead atoms. The Morgan fingerprint density at radius 3 is 1.91 bits per heavy atom. The standard InChI is InChI=1S/C20H31BrOS/c1-2-3-4-5-6-7-8-9-10-11-16-23-19-14-12-18(13-15-19)20(22)17-21/h12-15H,2-11,16-17H2,1H3. The number of thioether (sulfide) groups is 1. The van der Waals surface area contributed by atoms with Crippen LogP contribution in [-0.4, -0.2) is 16.9 Å². The van der Waals surface area contributed by atoms with Crippen molar-refractivity contribution in [3.63, 3.8) is 0 Å². The molecule has 0 aliphatic carbocycles. The fourth-order valence-electron chi connectivity index (χ4n) is 2.59. The average molecular weight is 399 g/mol. The van der Waals surface area contributed by atoms with Crippen LogP contribution in [0.5, 0.6) is 0 Å². The van der Waals surface area contributed by atoms with E-state index in [0.29, 0.717) is 5.33 Å². The van der Waals surface area contributed by atoms with Crippen LogP contribution in [0.4, 0.5) is 0 Å². The monoisotopic (exact) mass is 398 g/mol. The van der Waals surface area contributed by atoms with Gasteiger partial charge in [-0.25, -0.2) is 0 Å². The third-order valence-electron chi connectivity index (χ3n) is 4.06. The summed E-state index contributed by atoms with van der Waals surface area (Å²) in [7, 11) is 0. The molecule has 0 aliphatic heterocycles. The van der Waals surface area contributed by atoms with E-state index in [1.165, 1.54) is 74.9 Å². The molecule has 0 N–H and O–H groups in total. The molecule has 130 valence electrons. The van der Waals surface area contributed by atoms with Crippen LogP contribution in [0.2, 0.25) is 0 Å². The Morgan fingerprint density at radius 1 is 0.870 bits per heavy atom. The Bertz CT molecular complexity index is 416. The van der Waals surface area contributed by atoms with Crippen molar-refractivity contribution in [3.05, 3.63) is 29.8 Å². The number of carbonyl (C=O) groups excluding carboxylic acids is 1. The quantitative estimate of drug-likeness (QED) is 0.142. The van der Waals surface area contributed by atoms with E-state index in [2.05, 4.69) is 35.0 Å². The van der Waals surface area contributed by atoms with Crippen LogP contribution >= 0.6 is 27.7 Å². The number of halogens is 1. The number of rotatable bonds is 14. The predicted molar refractivity (Wildman–Crippen MR) is 107 cm³/mol. The van der Waals surface area contributed by atoms with Crippen LogP contribution in [0.25, 0.3) is 0 Å². The van der Waals surface area contributed by atoms with E-state index in [9.17, 15) is 4.79 Å². The second-order valence-corrected chi connectivity index (χ2v) is 7.84. The van der Waals surface area contributed by atoms with E-state index in [0.717, 1.165) is 5.56 Å². The molecule has 1 rings (SSSR count). The number of unbranched alkanes of at least 4 members (excludes halogenated alkanes) is 9. The van der Waals surface area contributed by atoms with E-state index in [1.54, 1.807) is 0 Å². The van der Waals surface area contributed by atoms with Gasteiger partial charge in [-0.2, -0.15) is 0 Å². The highest BCUT2D eigenvalue weighted by Crippen LogP contribution is 2.21. The van der Waals surface area contributed by atoms with Crippen LogP contribution in [0.1, 0.15) is 81.5 Å². The molecule has 0 fully saturated rings. The molecule has 0 saturated carbocycles. The van der Waals surface area contributed by atoms with Gasteiger partial charge in [-0.15, -0.1) is 11.8 Å². The molecule has 0 saturated heterocycles. The molecule has 0 aromatic heterocycles. The average Bonchev–Trinajstić information content (AvgIpc) is 2.59.